The second-order valence-electron chi connectivity index (χ2n) is 7.47. The molecule has 0 fully saturated rings. The van der Waals surface area contributed by atoms with Crippen molar-refractivity contribution in [1.82, 2.24) is 0 Å². The molecule has 1 aromatic carbocycles. The van der Waals surface area contributed by atoms with Gasteiger partial charge < -0.3 is 19.1 Å². The lowest BCUT2D eigenvalue weighted by molar-refractivity contribution is 0.237. The fraction of sp³-hybridized carbons (Fsp3) is 0.625. The highest BCUT2D eigenvalue weighted by molar-refractivity contribution is 6.74. The van der Waals surface area contributed by atoms with Gasteiger partial charge in [-0.25, -0.2) is 0 Å². The molecule has 124 valence electrons. The van der Waals surface area contributed by atoms with Crippen molar-refractivity contribution in [1.29, 1.82) is 0 Å². The van der Waals surface area contributed by atoms with Crippen molar-refractivity contribution in [3.63, 3.8) is 0 Å². The first kappa shape index (κ1) is 19.2. The molecule has 0 saturated carbocycles. The molecule has 0 bridgehead atoms. The van der Waals surface area contributed by atoms with E-state index in [0.29, 0.717) is 11.7 Å². The molecule has 0 heterocycles. The second kappa shape index (κ2) is 7.64. The lowest BCUT2D eigenvalue weighted by atomic mass is 10.0. The molecule has 1 atom stereocenters. The molecule has 0 saturated heterocycles. The highest BCUT2D eigenvalue weighted by atomic mass is 28.4. The number of benzene rings is 1. The monoisotopic (exact) mass is 324 g/mol. The van der Waals surface area contributed by atoms with Crippen LogP contribution in [0.3, 0.4) is 0 Å². The van der Waals surface area contributed by atoms with Crippen molar-refractivity contribution >= 4 is 15.6 Å². The number of hydrogen-bond donors (Lipinski definition) is 2. The highest BCUT2D eigenvalue weighted by Gasteiger charge is 2.37. The van der Waals surface area contributed by atoms with E-state index in [1.165, 1.54) is 5.56 Å². The van der Waals surface area contributed by atoms with Crippen LogP contribution in [0, 0.1) is 5.92 Å². The lowest BCUT2D eigenvalue weighted by Crippen LogP contribution is -2.41. The SMILES string of the molecule is CC(CO[Si](C)(C)C(C)(C)C)Cc1ccc(OB(O)O)cc1. The summed E-state index contributed by atoms with van der Waals surface area (Å²) in [7, 11) is -3.46. The molecule has 22 heavy (non-hydrogen) atoms. The van der Waals surface area contributed by atoms with Gasteiger partial charge in [0.25, 0.3) is 0 Å². The van der Waals surface area contributed by atoms with Crippen molar-refractivity contribution in [3.05, 3.63) is 29.8 Å². The Morgan fingerprint density at radius 3 is 2.14 bits per heavy atom. The summed E-state index contributed by atoms with van der Waals surface area (Å²) in [5, 5.41) is 17.7. The maximum absolute atomic E-state index is 8.75. The maximum atomic E-state index is 8.75. The quantitative estimate of drug-likeness (QED) is 0.756. The largest absolute Gasteiger partial charge is 0.707 e. The normalized spacial score (nSPS) is 13.8. The molecule has 0 radical (unpaired) electrons. The topological polar surface area (TPSA) is 58.9 Å². The van der Waals surface area contributed by atoms with Crippen molar-refractivity contribution in [2.75, 3.05) is 6.61 Å². The summed E-state index contributed by atoms with van der Waals surface area (Å²) in [5.41, 5.74) is 1.19. The Bertz CT molecular complexity index is 454. The van der Waals surface area contributed by atoms with E-state index in [9.17, 15) is 0 Å². The predicted molar refractivity (Wildman–Crippen MR) is 93.3 cm³/mol. The van der Waals surface area contributed by atoms with Gasteiger partial charge in [-0.05, 0) is 48.2 Å². The molecular formula is C16H29BO4Si. The zero-order valence-corrected chi connectivity index (χ0v) is 15.6. The van der Waals surface area contributed by atoms with Gasteiger partial charge >= 0.3 is 7.32 Å². The molecule has 0 aliphatic heterocycles. The van der Waals surface area contributed by atoms with Crippen molar-refractivity contribution in [2.45, 2.75) is 52.2 Å². The Kier molecular flexibility index (Phi) is 6.68. The van der Waals surface area contributed by atoms with E-state index in [2.05, 4.69) is 40.8 Å². The summed E-state index contributed by atoms with van der Waals surface area (Å²) < 4.78 is 11.0. The van der Waals surface area contributed by atoms with E-state index in [-0.39, 0.29) is 5.04 Å². The van der Waals surface area contributed by atoms with Gasteiger partial charge in [-0.1, -0.05) is 39.8 Å². The first-order valence-corrected chi connectivity index (χ1v) is 10.7. The summed E-state index contributed by atoms with van der Waals surface area (Å²) in [6, 6.07) is 7.38. The molecule has 4 nitrogen and oxygen atoms in total. The Balaban J connectivity index is 2.50. The van der Waals surface area contributed by atoms with Crippen LogP contribution in [0.2, 0.25) is 18.1 Å². The van der Waals surface area contributed by atoms with Gasteiger partial charge in [0.2, 0.25) is 0 Å². The third-order valence-electron chi connectivity index (χ3n) is 4.28. The Labute approximate surface area is 135 Å². The van der Waals surface area contributed by atoms with Crippen LogP contribution in [0.25, 0.3) is 0 Å². The number of rotatable bonds is 7. The van der Waals surface area contributed by atoms with Gasteiger partial charge in [-0.3, -0.25) is 0 Å². The molecule has 0 spiro atoms. The molecule has 0 aliphatic rings. The van der Waals surface area contributed by atoms with Gasteiger partial charge in [-0.2, -0.15) is 0 Å². The van der Waals surface area contributed by atoms with Gasteiger partial charge in [0, 0.05) is 6.61 Å². The van der Waals surface area contributed by atoms with Gasteiger partial charge in [-0.15, -0.1) is 0 Å². The summed E-state index contributed by atoms with van der Waals surface area (Å²) in [5.74, 6) is 0.883. The summed E-state index contributed by atoms with van der Waals surface area (Å²) in [6.45, 7) is 14.2. The fourth-order valence-corrected chi connectivity index (χ4v) is 2.99. The Morgan fingerprint density at radius 1 is 1.14 bits per heavy atom. The van der Waals surface area contributed by atoms with E-state index in [4.69, 9.17) is 19.1 Å². The first-order chi connectivity index (χ1) is 10.0. The van der Waals surface area contributed by atoms with Crippen molar-refractivity contribution in [3.8, 4) is 5.75 Å². The average Bonchev–Trinajstić information content (AvgIpc) is 2.37. The van der Waals surface area contributed by atoms with Crippen molar-refractivity contribution < 1.29 is 19.1 Å². The van der Waals surface area contributed by atoms with E-state index in [1.807, 2.05) is 12.1 Å². The van der Waals surface area contributed by atoms with Gasteiger partial charge in [0.1, 0.15) is 5.75 Å². The van der Waals surface area contributed by atoms with Crippen LogP contribution in [0.4, 0.5) is 0 Å². The molecule has 0 aliphatic carbocycles. The molecule has 1 rings (SSSR count). The van der Waals surface area contributed by atoms with Crippen LogP contribution in [-0.4, -0.2) is 32.3 Å². The van der Waals surface area contributed by atoms with E-state index < -0.39 is 15.6 Å². The smallest absolute Gasteiger partial charge is 0.512 e. The Hall–Kier alpha value is -0.818. The highest BCUT2D eigenvalue weighted by Crippen LogP contribution is 2.36. The Morgan fingerprint density at radius 2 is 1.68 bits per heavy atom. The zero-order chi connectivity index (χ0) is 17.0. The minimum Gasteiger partial charge on any atom is -0.512 e. The minimum absolute atomic E-state index is 0.233. The van der Waals surface area contributed by atoms with Gasteiger partial charge in [0.15, 0.2) is 8.32 Å². The van der Waals surface area contributed by atoms with Crippen molar-refractivity contribution in [2.24, 2.45) is 5.92 Å². The molecule has 1 aromatic rings. The zero-order valence-electron chi connectivity index (χ0n) is 14.6. The molecular weight excluding hydrogens is 295 g/mol. The molecule has 6 heteroatoms. The van der Waals surface area contributed by atoms with Crippen LogP contribution in [0.5, 0.6) is 5.75 Å². The second-order valence-corrected chi connectivity index (χ2v) is 12.3. The summed E-state index contributed by atoms with van der Waals surface area (Å²) in [4.78, 5) is 0. The lowest BCUT2D eigenvalue weighted by Gasteiger charge is -2.37. The van der Waals surface area contributed by atoms with E-state index >= 15 is 0 Å². The molecule has 1 unspecified atom stereocenters. The number of hydrogen-bond acceptors (Lipinski definition) is 4. The summed E-state index contributed by atoms with van der Waals surface area (Å²) in [6.07, 6.45) is 0.927. The standard InChI is InChI=1S/C16H29BO4Si/c1-13(12-20-22(5,6)16(2,3)4)11-14-7-9-15(10-8-14)21-17(18)19/h7-10,13,18-19H,11-12H2,1-6H3. The average molecular weight is 324 g/mol. The molecule has 2 N–H and O–H groups in total. The third kappa shape index (κ3) is 6.12. The van der Waals surface area contributed by atoms with Crippen LogP contribution < -0.4 is 4.65 Å². The fourth-order valence-electron chi connectivity index (χ4n) is 1.85. The maximum Gasteiger partial charge on any atom is 0.707 e. The van der Waals surface area contributed by atoms with E-state index in [1.54, 1.807) is 12.1 Å². The predicted octanol–water partition coefficient (Wildman–Crippen LogP) is 3.24. The van der Waals surface area contributed by atoms with Crippen LogP contribution in [0.15, 0.2) is 24.3 Å². The summed E-state index contributed by atoms with van der Waals surface area (Å²) >= 11 is 0. The van der Waals surface area contributed by atoms with E-state index in [0.717, 1.165) is 13.0 Å². The molecule has 0 amide bonds. The van der Waals surface area contributed by atoms with Gasteiger partial charge in [0.05, 0.1) is 0 Å². The van der Waals surface area contributed by atoms with Crippen LogP contribution in [0.1, 0.15) is 33.3 Å². The third-order valence-corrected chi connectivity index (χ3v) is 8.78. The first-order valence-electron chi connectivity index (χ1n) is 7.77. The molecule has 0 aromatic heterocycles. The van der Waals surface area contributed by atoms with Crippen LogP contribution in [-0.2, 0) is 10.8 Å². The van der Waals surface area contributed by atoms with Crippen LogP contribution >= 0.6 is 0 Å². The minimum atomic E-state index is -1.78.